The van der Waals surface area contributed by atoms with E-state index in [1.165, 1.54) is 0 Å². The van der Waals surface area contributed by atoms with Crippen LogP contribution in [-0.4, -0.2) is 52.7 Å². The molecule has 1 aliphatic rings. The summed E-state index contributed by atoms with van der Waals surface area (Å²) in [7, 11) is 0. The smallest absolute Gasteiger partial charge is 0.321 e. The Morgan fingerprint density at radius 3 is 2.53 bits per heavy atom. The molecule has 1 fully saturated rings. The molecule has 0 radical (unpaired) electrons. The molecular formula is C9H15N3O5. The van der Waals surface area contributed by atoms with Crippen LogP contribution >= 0.6 is 0 Å². The van der Waals surface area contributed by atoms with Gasteiger partial charge in [-0.2, -0.15) is 0 Å². The minimum Gasteiger partial charge on any atom is -0.480 e. The molecule has 0 aromatic rings. The van der Waals surface area contributed by atoms with Crippen LogP contribution in [0.15, 0.2) is 0 Å². The Kier molecular flexibility index (Phi) is 4.41. The van der Waals surface area contributed by atoms with Crippen LogP contribution in [0.3, 0.4) is 0 Å². The molecule has 17 heavy (non-hydrogen) atoms. The number of amides is 1. The molecule has 6 N–H and O–H groups in total. The first kappa shape index (κ1) is 13.4. The number of hydrogen-bond donors (Lipinski definition) is 5. The largest absolute Gasteiger partial charge is 0.480 e. The summed E-state index contributed by atoms with van der Waals surface area (Å²) in [6, 6.07) is -2.21. The van der Waals surface area contributed by atoms with E-state index >= 15 is 0 Å². The fourth-order valence-corrected chi connectivity index (χ4v) is 1.61. The third-order valence-electron chi connectivity index (χ3n) is 2.52. The van der Waals surface area contributed by atoms with Crippen molar-refractivity contribution in [3.05, 3.63) is 0 Å². The predicted molar refractivity (Wildman–Crippen MR) is 56.2 cm³/mol. The lowest BCUT2D eigenvalue weighted by molar-refractivity contribution is -0.140. The molecule has 0 saturated carbocycles. The molecule has 0 aliphatic carbocycles. The standard InChI is InChI=1S/C9H15N3O5/c10-5(8(14)15)2-7(13)12-4-1-6(9(16)17)11-3-4/h4-6,11H,1-3,10H2,(H,12,13)(H,14,15)(H,16,17)/t4-,5+,6+/m1/s1. The van der Waals surface area contributed by atoms with Gasteiger partial charge in [0.1, 0.15) is 12.1 Å². The molecule has 1 heterocycles. The molecule has 1 rings (SSSR count). The Labute approximate surface area is 97.2 Å². The molecule has 1 saturated heterocycles. The summed E-state index contributed by atoms with van der Waals surface area (Å²) in [5.41, 5.74) is 5.20. The van der Waals surface area contributed by atoms with Gasteiger partial charge in [0.25, 0.3) is 0 Å². The van der Waals surface area contributed by atoms with Gasteiger partial charge in [0.15, 0.2) is 0 Å². The van der Waals surface area contributed by atoms with Crippen molar-refractivity contribution in [2.24, 2.45) is 5.73 Å². The average molecular weight is 245 g/mol. The number of rotatable bonds is 5. The molecule has 0 unspecified atom stereocenters. The van der Waals surface area contributed by atoms with Crippen LogP contribution in [0.5, 0.6) is 0 Å². The second-order valence-corrected chi connectivity index (χ2v) is 3.95. The van der Waals surface area contributed by atoms with E-state index in [9.17, 15) is 14.4 Å². The Hall–Kier alpha value is -1.67. The number of aliphatic carboxylic acids is 2. The summed E-state index contributed by atoms with van der Waals surface area (Å²) in [5.74, 6) is -2.70. The second kappa shape index (κ2) is 5.60. The van der Waals surface area contributed by atoms with Crippen LogP contribution in [0, 0.1) is 0 Å². The van der Waals surface area contributed by atoms with E-state index in [-0.39, 0.29) is 18.9 Å². The Morgan fingerprint density at radius 1 is 1.41 bits per heavy atom. The molecule has 96 valence electrons. The molecular weight excluding hydrogens is 230 g/mol. The average Bonchev–Trinajstić information content (AvgIpc) is 2.65. The summed E-state index contributed by atoms with van der Waals surface area (Å²) in [4.78, 5) is 32.4. The van der Waals surface area contributed by atoms with Crippen LogP contribution in [-0.2, 0) is 14.4 Å². The first-order chi connectivity index (χ1) is 7.90. The van der Waals surface area contributed by atoms with Gasteiger partial charge in [-0.1, -0.05) is 0 Å². The van der Waals surface area contributed by atoms with E-state index in [1.807, 2.05) is 0 Å². The van der Waals surface area contributed by atoms with Gasteiger partial charge < -0.3 is 26.6 Å². The van der Waals surface area contributed by atoms with E-state index in [0.29, 0.717) is 6.54 Å². The maximum absolute atomic E-state index is 11.4. The number of nitrogens with one attached hydrogen (secondary N) is 2. The van der Waals surface area contributed by atoms with Crippen LogP contribution in [0.4, 0.5) is 0 Å². The van der Waals surface area contributed by atoms with Crippen molar-refractivity contribution in [3.63, 3.8) is 0 Å². The highest BCUT2D eigenvalue weighted by atomic mass is 16.4. The quantitative estimate of drug-likeness (QED) is 0.367. The lowest BCUT2D eigenvalue weighted by Crippen LogP contribution is -2.41. The van der Waals surface area contributed by atoms with Crippen molar-refractivity contribution >= 4 is 17.8 Å². The zero-order valence-corrected chi connectivity index (χ0v) is 9.05. The zero-order valence-electron chi connectivity index (χ0n) is 9.05. The summed E-state index contributed by atoms with van der Waals surface area (Å²) in [6.45, 7) is 0.352. The first-order valence-electron chi connectivity index (χ1n) is 5.14. The predicted octanol–water partition coefficient (Wildman–Crippen LogP) is -2.28. The number of carbonyl (C=O) groups is 3. The lowest BCUT2D eigenvalue weighted by Gasteiger charge is -2.12. The van der Waals surface area contributed by atoms with Gasteiger partial charge in [0.2, 0.25) is 5.91 Å². The van der Waals surface area contributed by atoms with Crippen molar-refractivity contribution < 1.29 is 24.6 Å². The van der Waals surface area contributed by atoms with Crippen LogP contribution in [0.25, 0.3) is 0 Å². The minimum absolute atomic E-state index is 0.281. The van der Waals surface area contributed by atoms with Gasteiger partial charge in [-0.3, -0.25) is 14.4 Å². The molecule has 0 aromatic heterocycles. The second-order valence-electron chi connectivity index (χ2n) is 3.95. The highest BCUT2D eigenvalue weighted by Crippen LogP contribution is 2.07. The van der Waals surface area contributed by atoms with Crippen molar-refractivity contribution in [2.75, 3.05) is 6.54 Å². The van der Waals surface area contributed by atoms with Gasteiger partial charge in [-0.25, -0.2) is 0 Å². The van der Waals surface area contributed by atoms with Gasteiger partial charge in [-0.05, 0) is 6.42 Å². The maximum Gasteiger partial charge on any atom is 0.321 e. The molecule has 0 bridgehead atoms. The molecule has 1 amide bonds. The van der Waals surface area contributed by atoms with Gasteiger partial charge in [0.05, 0.1) is 6.42 Å². The third kappa shape index (κ3) is 4.00. The Morgan fingerprint density at radius 2 is 2.06 bits per heavy atom. The molecule has 3 atom stereocenters. The van der Waals surface area contributed by atoms with Gasteiger partial charge >= 0.3 is 11.9 Å². The van der Waals surface area contributed by atoms with E-state index in [1.54, 1.807) is 0 Å². The Bertz CT molecular complexity index is 333. The van der Waals surface area contributed by atoms with Crippen molar-refractivity contribution in [2.45, 2.75) is 31.0 Å². The van der Waals surface area contributed by atoms with Crippen molar-refractivity contribution in [1.82, 2.24) is 10.6 Å². The summed E-state index contributed by atoms with van der Waals surface area (Å²) < 4.78 is 0. The first-order valence-corrected chi connectivity index (χ1v) is 5.14. The number of carboxylic acid groups (broad SMARTS) is 2. The van der Waals surface area contributed by atoms with E-state index in [2.05, 4.69) is 10.6 Å². The van der Waals surface area contributed by atoms with Crippen LogP contribution < -0.4 is 16.4 Å². The molecule has 0 aromatic carbocycles. The summed E-state index contributed by atoms with van der Waals surface area (Å²) in [6.07, 6.45) is -0.0348. The molecule has 8 nitrogen and oxygen atoms in total. The lowest BCUT2D eigenvalue weighted by atomic mass is 10.1. The van der Waals surface area contributed by atoms with Crippen LogP contribution in [0.2, 0.25) is 0 Å². The topological polar surface area (TPSA) is 142 Å². The number of hydrogen-bond acceptors (Lipinski definition) is 5. The molecule has 0 spiro atoms. The monoisotopic (exact) mass is 245 g/mol. The van der Waals surface area contributed by atoms with E-state index < -0.39 is 29.9 Å². The highest BCUT2D eigenvalue weighted by molar-refractivity contribution is 5.84. The summed E-state index contributed by atoms with van der Waals surface area (Å²) in [5, 5.41) is 22.5. The fraction of sp³-hybridized carbons (Fsp3) is 0.667. The number of carbonyl (C=O) groups excluding carboxylic acids is 1. The fourth-order valence-electron chi connectivity index (χ4n) is 1.61. The SMILES string of the molecule is N[C@@H](CC(=O)N[C@H]1CN[C@H](C(=O)O)C1)C(=O)O. The van der Waals surface area contributed by atoms with Crippen molar-refractivity contribution in [3.8, 4) is 0 Å². The van der Waals surface area contributed by atoms with Gasteiger partial charge in [0, 0.05) is 12.6 Å². The third-order valence-corrected chi connectivity index (χ3v) is 2.52. The maximum atomic E-state index is 11.4. The van der Waals surface area contributed by atoms with E-state index in [0.717, 1.165) is 0 Å². The van der Waals surface area contributed by atoms with Crippen molar-refractivity contribution in [1.29, 1.82) is 0 Å². The zero-order chi connectivity index (χ0) is 13.0. The van der Waals surface area contributed by atoms with Crippen LogP contribution in [0.1, 0.15) is 12.8 Å². The summed E-state index contributed by atoms with van der Waals surface area (Å²) >= 11 is 0. The Balaban J connectivity index is 2.33. The highest BCUT2D eigenvalue weighted by Gasteiger charge is 2.30. The number of nitrogens with two attached hydrogens (primary N) is 1. The van der Waals surface area contributed by atoms with Gasteiger partial charge in [-0.15, -0.1) is 0 Å². The number of carboxylic acids is 2. The van der Waals surface area contributed by atoms with E-state index in [4.69, 9.17) is 15.9 Å². The molecule has 8 heteroatoms. The molecule has 1 aliphatic heterocycles. The minimum atomic E-state index is -1.24. The normalized spacial score (nSPS) is 25.2.